The second-order valence-corrected chi connectivity index (χ2v) is 5.85. The van der Waals surface area contributed by atoms with Crippen LogP contribution in [0.1, 0.15) is 31.9 Å². The molecule has 0 spiro atoms. The topological polar surface area (TPSA) is 52.6 Å². The Bertz CT molecular complexity index is 433. The molecule has 0 aliphatic carbocycles. The van der Waals surface area contributed by atoms with Gasteiger partial charge >= 0.3 is 5.97 Å². The highest BCUT2D eigenvalue weighted by atomic mass is 16.4. The first kappa shape index (κ1) is 15.0. The number of benzene rings is 1. The maximum Gasteiger partial charge on any atom is 0.322 e. The zero-order valence-corrected chi connectivity index (χ0v) is 12.2. The predicted molar refractivity (Wildman–Crippen MR) is 79.6 cm³/mol. The molecule has 2 unspecified atom stereocenters. The summed E-state index contributed by atoms with van der Waals surface area (Å²) < 4.78 is 0. The number of nitrogens with one attached hydrogen (secondary N) is 1. The second-order valence-electron chi connectivity index (χ2n) is 5.85. The van der Waals surface area contributed by atoms with Crippen molar-refractivity contribution in [3.8, 4) is 0 Å². The smallest absolute Gasteiger partial charge is 0.322 e. The fourth-order valence-electron chi connectivity index (χ4n) is 2.91. The summed E-state index contributed by atoms with van der Waals surface area (Å²) in [6.45, 7) is 6.53. The van der Waals surface area contributed by atoms with E-state index in [0.29, 0.717) is 12.5 Å². The molecule has 1 saturated heterocycles. The van der Waals surface area contributed by atoms with E-state index in [1.807, 2.05) is 18.2 Å². The Morgan fingerprint density at radius 3 is 2.70 bits per heavy atom. The highest BCUT2D eigenvalue weighted by Gasteiger charge is 2.34. The standard InChI is InChI=1S/C16H24N2O2/c1-12(2)10-14(13-6-4-3-5-7-13)18-9-8-17-11-15(18)16(19)20/h3-7,12,14-15,17H,8-11H2,1-2H3,(H,19,20). The van der Waals surface area contributed by atoms with E-state index < -0.39 is 12.0 Å². The zero-order chi connectivity index (χ0) is 14.5. The molecule has 1 aliphatic heterocycles. The van der Waals surface area contributed by atoms with Crippen molar-refractivity contribution < 1.29 is 9.90 Å². The van der Waals surface area contributed by atoms with Gasteiger partial charge in [0, 0.05) is 25.7 Å². The van der Waals surface area contributed by atoms with Gasteiger partial charge in [0.2, 0.25) is 0 Å². The minimum atomic E-state index is -0.734. The molecule has 0 saturated carbocycles. The van der Waals surface area contributed by atoms with Gasteiger partial charge in [0.25, 0.3) is 0 Å². The first-order valence-corrected chi connectivity index (χ1v) is 7.33. The van der Waals surface area contributed by atoms with Crippen LogP contribution in [0.4, 0.5) is 0 Å². The predicted octanol–water partition coefficient (Wildman–Crippen LogP) is 2.13. The van der Waals surface area contributed by atoms with Crippen molar-refractivity contribution in [3.05, 3.63) is 35.9 Å². The Labute approximate surface area is 120 Å². The molecule has 1 heterocycles. The summed E-state index contributed by atoms with van der Waals surface area (Å²) in [4.78, 5) is 13.7. The summed E-state index contributed by atoms with van der Waals surface area (Å²) >= 11 is 0. The van der Waals surface area contributed by atoms with Crippen molar-refractivity contribution in [3.63, 3.8) is 0 Å². The molecule has 0 amide bonds. The first-order chi connectivity index (χ1) is 9.59. The van der Waals surface area contributed by atoms with Gasteiger partial charge in [0.05, 0.1) is 0 Å². The molecule has 20 heavy (non-hydrogen) atoms. The van der Waals surface area contributed by atoms with Crippen molar-refractivity contribution in [2.45, 2.75) is 32.4 Å². The third kappa shape index (κ3) is 3.58. The molecule has 2 atom stereocenters. The summed E-state index contributed by atoms with van der Waals surface area (Å²) in [5.41, 5.74) is 1.22. The molecule has 2 N–H and O–H groups in total. The number of carboxylic acid groups (broad SMARTS) is 1. The van der Waals surface area contributed by atoms with Crippen LogP contribution in [0.15, 0.2) is 30.3 Å². The van der Waals surface area contributed by atoms with E-state index in [2.05, 4.69) is 36.2 Å². The van der Waals surface area contributed by atoms with E-state index in [1.54, 1.807) is 0 Å². The molecule has 0 bridgehead atoms. The molecule has 1 aliphatic rings. The van der Waals surface area contributed by atoms with Gasteiger partial charge in [-0.15, -0.1) is 0 Å². The molecule has 4 nitrogen and oxygen atoms in total. The third-order valence-corrected chi connectivity index (χ3v) is 3.85. The van der Waals surface area contributed by atoms with Gasteiger partial charge in [-0.25, -0.2) is 0 Å². The van der Waals surface area contributed by atoms with E-state index in [-0.39, 0.29) is 6.04 Å². The third-order valence-electron chi connectivity index (χ3n) is 3.85. The summed E-state index contributed by atoms with van der Waals surface area (Å²) in [6.07, 6.45) is 0.980. The SMILES string of the molecule is CC(C)CC(c1ccccc1)N1CCNCC1C(=O)O. The summed E-state index contributed by atoms with van der Waals surface area (Å²) in [6, 6.07) is 10.0. The van der Waals surface area contributed by atoms with Gasteiger partial charge in [0.1, 0.15) is 6.04 Å². The van der Waals surface area contributed by atoms with Crippen LogP contribution >= 0.6 is 0 Å². The molecular formula is C16H24N2O2. The number of carboxylic acids is 1. The van der Waals surface area contributed by atoms with E-state index in [1.165, 1.54) is 5.56 Å². The van der Waals surface area contributed by atoms with E-state index in [0.717, 1.165) is 19.5 Å². The Morgan fingerprint density at radius 2 is 2.10 bits per heavy atom. The van der Waals surface area contributed by atoms with Crippen LogP contribution in [-0.4, -0.2) is 41.7 Å². The van der Waals surface area contributed by atoms with E-state index >= 15 is 0 Å². The fraction of sp³-hybridized carbons (Fsp3) is 0.562. The van der Waals surface area contributed by atoms with Crippen LogP contribution in [0.5, 0.6) is 0 Å². The van der Waals surface area contributed by atoms with E-state index in [4.69, 9.17) is 0 Å². The largest absolute Gasteiger partial charge is 0.480 e. The van der Waals surface area contributed by atoms with Crippen LogP contribution < -0.4 is 5.32 Å². The number of hydrogen-bond donors (Lipinski definition) is 2. The van der Waals surface area contributed by atoms with Crippen LogP contribution in [0.25, 0.3) is 0 Å². The number of rotatable bonds is 5. The molecule has 1 aromatic carbocycles. The molecule has 2 rings (SSSR count). The van der Waals surface area contributed by atoms with Crippen molar-refractivity contribution in [2.24, 2.45) is 5.92 Å². The van der Waals surface area contributed by atoms with Crippen molar-refractivity contribution in [1.29, 1.82) is 0 Å². The normalized spacial score (nSPS) is 21.9. The fourth-order valence-corrected chi connectivity index (χ4v) is 2.91. The summed E-state index contributed by atoms with van der Waals surface area (Å²) in [5.74, 6) is -0.202. The van der Waals surface area contributed by atoms with Gasteiger partial charge in [-0.05, 0) is 17.9 Å². The summed E-state index contributed by atoms with van der Waals surface area (Å²) in [5, 5.41) is 12.6. The van der Waals surface area contributed by atoms with Crippen molar-refractivity contribution in [1.82, 2.24) is 10.2 Å². The van der Waals surface area contributed by atoms with Crippen molar-refractivity contribution in [2.75, 3.05) is 19.6 Å². The monoisotopic (exact) mass is 276 g/mol. The van der Waals surface area contributed by atoms with Crippen molar-refractivity contribution >= 4 is 5.97 Å². The number of carbonyl (C=O) groups is 1. The molecule has 0 radical (unpaired) electrons. The number of hydrogen-bond acceptors (Lipinski definition) is 3. The van der Waals surface area contributed by atoms with Crippen LogP contribution in [0, 0.1) is 5.92 Å². The number of piperazine rings is 1. The zero-order valence-electron chi connectivity index (χ0n) is 12.2. The molecule has 4 heteroatoms. The molecular weight excluding hydrogens is 252 g/mol. The van der Waals surface area contributed by atoms with Crippen LogP contribution in [-0.2, 0) is 4.79 Å². The van der Waals surface area contributed by atoms with Gasteiger partial charge in [-0.1, -0.05) is 44.2 Å². The van der Waals surface area contributed by atoms with Gasteiger partial charge in [-0.2, -0.15) is 0 Å². The van der Waals surface area contributed by atoms with Crippen LogP contribution in [0.3, 0.4) is 0 Å². The molecule has 110 valence electrons. The Hall–Kier alpha value is -1.39. The maximum atomic E-state index is 11.5. The lowest BCUT2D eigenvalue weighted by atomic mass is 9.93. The minimum absolute atomic E-state index is 0.180. The Morgan fingerprint density at radius 1 is 1.40 bits per heavy atom. The van der Waals surface area contributed by atoms with Gasteiger partial charge < -0.3 is 10.4 Å². The lowest BCUT2D eigenvalue weighted by Crippen LogP contribution is -2.56. The molecule has 0 aromatic heterocycles. The highest BCUT2D eigenvalue weighted by molar-refractivity contribution is 5.74. The number of nitrogens with zero attached hydrogens (tertiary/aromatic N) is 1. The lowest BCUT2D eigenvalue weighted by molar-refractivity contribution is -0.145. The summed E-state index contributed by atoms with van der Waals surface area (Å²) in [7, 11) is 0. The highest BCUT2D eigenvalue weighted by Crippen LogP contribution is 2.30. The Balaban J connectivity index is 2.27. The first-order valence-electron chi connectivity index (χ1n) is 7.33. The van der Waals surface area contributed by atoms with Crippen LogP contribution in [0.2, 0.25) is 0 Å². The molecule has 1 fully saturated rings. The average molecular weight is 276 g/mol. The average Bonchev–Trinajstić information content (AvgIpc) is 2.45. The minimum Gasteiger partial charge on any atom is -0.480 e. The van der Waals surface area contributed by atoms with E-state index in [9.17, 15) is 9.90 Å². The maximum absolute atomic E-state index is 11.5. The molecule has 1 aromatic rings. The van der Waals surface area contributed by atoms with Gasteiger partial charge in [-0.3, -0.25) is 9.69 Å². The number of aliphatic carboxylic acids is 1. The Kier molecular flexibility index (Phi) is 5.15. The van der Waals surface area contributed by atoms with Gasteiger partial charge in [0.15, 0.2) is 0 Å². The second kappa shape index (κ2) is 6.86. The quantitative estimate of drug-likeness (QED) is 0.865. The lowest BCUT2D eigenvalue weighted by Gasteiger charge is -2.40.